The maximum atomic E-state index is 13.1. The van der Waals surface area contributed by atoms with Gasteiger partial charge in [-0.3, -0.25) is 4.98 Å². The fourth-order valence-electron chi connectivity index (χ4n) is 2.90. The third kappa shape index (κ3) is 4.88. The van der Waals surface area contributed by atoms with Gasteiger partial charge >= 0.3 is 6.18 Å². The van der Waals surface area contributed by atoms with Gasteiger partial charge in [-0.15, -0.1) is 6.58 Å². The van der Waals surface area contributed by atoms with E-state index in [2.05, 4.69) is 11.6 Å². The molecule has 1 atom stereocenters. The molecule has 7 heteroatoms. The van der Waals surface area contributed by atoms with E-state index in [1.165, 1.54) is 6.42 Å². The van der Waals surface area contributed by atoms with E-state index >= 15 is 0 Å². The summed E-state index contributed by atoms with van der Waals surface area (Å²) in [6, 6.07) is 0.875. The Balaban J connectivity index is 2.22. The third-order valence-corrected chi connectivity index (χ3v) is 5.50. The Bertz CT molecular complexity index is 557. The highest BCUT2D eigenvalue weighted by Crippen LogP contribution is 2.34. The van der Waals surface area contributed by atoms with E-state index in [0.717, 1.165) is 44.1 Å². The second-order valence-electron chi connectivity index (χ2n) is 5.76. The first-order valence-electron chi connectivity index (χ1n) is 7.72. The summed E-state index contributed by atoms with van der Waals surface area (Å²) in [5.41, 5.74) is -0.886. The van der Waals surface area contributed by atoms with Gasteiger partial charge in [-0.05, 0) is 24.8 Å². The standard InChI is InChI=1S/C16H21F3N2OS/c1-2-10-21(12-13-6-4-3-5-7-13)23(22)15-11-20-9-8-14(15)16(17,18)19/h2,8-9,11,13H,1,3-7,10,12H2. The second-order valence-corrected chi connectivity index (χ2v) is 7.21. The topological polar surface area (TPSA) is 33.2 Å². The Morgan fingerprint density at radius 3 is 2.65 bits per heavy atom. The van der Waals surface area contributed by atoms with Gasteiger partial charge in [-0.2, -0.15) is 13.2 Å². The molecule has 1 aliphatic carbocycles. The number of aromatic nitrogens is 1. The molecule has 1 saturated carbocycles. The maximum Gasteiger partial charge on any atom is 0.417 e. The number of hydrogen-bond acceptors (Lipinski definition) is 2. The number of rotatable bonds is 6. The quantitative estimate of drug-likeness (QED) is 0.724. The monoisotopic (exact) mass is 346 g/mol. The Morgan fingerprint density at radius 2 is 2.04 bits per heavy atom. The molecule has 2 rings (SSSR count). The summed E-state index contributed by atoms with van der Waals surface area (Å²) >= 11 is 0. The van der Waals surface area contributed by atoms with E-state index in [1.54, 1.807) is 10.4 Å². The SMILES string of the molecule is C=CCN(CC1CCCCC1)S(=O)c1cnccc1C(F)(F)F. The van der Waals surface area contributed by atoms with Crippen LogP contribution in [0.4, 0.5) is 13.2 Å². The summed E-state index contributed by atoms with van der Waals surface area (Å²) in [6.07, 6.45) is 4.66. The van der Waals surface area contributed by atoms with Crippen LogP contribution in [-0.4, -0.2) is 26.6 Å². The van der Waals surface area contributed by atoms with Crippen LogP contribution in [0.25, 0.3) is 0 Å². The lowest BCUT2D eigenvalue weighted by molar-refractivity contribution is -0.139. The van der Waals surface area contributed by atoms with Gasteiger partial charge in [0.05, 0.1) is 10.5 Å². The van der Waals surface area contributed by atoms with Gasteiger partial charge in [0.25, 0.3) is 0 Å². The summed E-state index contributed by atoms with van der Waals surface area (Å²) in [5.74, 6) is 0.374. The fourth-order valence-corrected chi connectivity index (χ4v) is 4.29. The molecule has 0 radical (unpaired) electrons. The van der Waals surface area contributed by atoms with Crippen LogP contribution in [-0.2, 0) is 17.2 Å². The van der Waals surface area contributed by atoms with Crippen LogP contribution in [0.2, 0.25) is 0 Å². The van der Waals surface area contributed by atoms with Gasteiger partial charge in [0.2, 0.25) is 0 Å². The average Bonchev–Trinajstić information content (AvgIpc) is 2.54. The van der Waals surface area contributed by atoms with E-state index in [0.29, 0.717) is 12.5 Å². The predicted molar refractivity (Wildman–Crippen MR) is 84.0 cm³/mol. The van der Waals surface area contributed by atoms with Crippen LogP contribution in [0.3, 0.4) is 0 Å². The highest BCUT2D eigenvalue weighted by atomic mass is 32.2. The van der Waals surface area contributed by atoms with E-state index in [1.807, 2.05) is 0 Å². The zero-order valence-corrected chi connectivity index (χ0v) is 13.7. The molecule has 3 nitrogen and oxygen atoms in total. The largest absolute Gasteiger partial charge is 0.417 e. The van der Waals surface area contributed by atoms with Crippen molar-refractivity contribution >= 4 is 11.0 Å². The van der Waals surface area contributed by atoms with Gasteiger partial charge in [0.1, 0.15) is 11.0 Å². The van der Waals surface area contributed by atoms with Crippen molar-refractivity contribution in [3.63, 3.8) is 0 Å². The zero-order chi connectivity index (χ0) is 16.9. The molecule has 1 aliphatic rings. The molecule has 0 saturated heterocycles. The van der Waals surface area contributed by atoms with Crippen molar-refractivity contribution in [2.75, 3.05) is 13.1 Å². The molecule has 0 bridgehead atoms. The van der Waals surface area contributed by atoms with E-state index in [4.69, 9.17) is 0 Å². The smallest absolute Gasteiger partial charge is 0.263 e. The lowest BCUT2D eigenvalue weighted by Gasteiger charge is -2.28. The molecular weight excluding hydrogens is 325 g/mol. The molecule has 1 aromatic rings. The maximum absolute atomic E-state index is 13.1. The molecular formula is C16H21F3N2OS. The van der Waals surface area contributed by atoms with Crippen molar-refractivity contribution in [2.24, 2.45) is 5.92 Å². The molecule has 1 aromatic heterocycles. The van der Waals surface area contributed by atoms with Crippen molar-refractivity contribution in [3.05, 3.63) is 36.7 Å². The Labute approximate surface area is 137 Å². The van der Waals surface area contributed by atoms with Crippen LogP contribution in [0, 0.1) is 5.92 Å². The van der Waals surface area contributed by atoms with Crippen LogP contribution in [0.15, 0.2) is 36.0 Å². The van der Waals surface area contributed by atoms with E-state index in [9.17, 15) is 17.4 Å². The summed E-state index contributed by atoms with van der Waals surface area (Å²) in [6.45, 7) is 4.43. The molecule has 23 heavy (non-hydrogen) atoms. The van der Waals surface area contributed by atoms with E-state index in [-0.39, 0.29) is 11.4 Å². The van der Waals surface area contributed by atoms with Crippen LogP contribution < -0.4 is 0 Å². The molecule has 0 spiro atoms. The lowest BCUT2D eigenvalue weighted by atomic mass is 9.89. The van der Waals surface area contributed by atoms with Crippen LogP contribution in [0.1, 0.15) is 37.7 Å². The van der Waals surface area contributed by atoms with Crippen molar-refractivity contribution in [1.29, 1.82) is 0 Å². The first kappa shape index (κ1) is 18.1. The van der Waals surface area contributed by atoms with Crippen molar-refractivity contribution < 1.29 is 17.4 Å². The molecule has 128 valence electrons. The van der Waals surface area contributed by atoms with Gasteiger partial charge in [0.15, 0.2) is 0 Å². The minimum absolute atomic E-state index is 0.280. The molecule has 0 N–H and O–H groups in total. The minimum atomic E-state index is -4.54. The lowest BCUT2D eigenvalue weighted by Crippen LogP contribution is -2.33. The molecule has 1 fully saturated rings. The Hall–Kier alpha value is -1.21. The molecule has 0 aliphatic heterocycles. The van der Waals surface area contributed by atoms with Gasteiger partial charge in [-0.25, -0.2) is 8.51 Å². The number of halogens is 3. The van der Waals surface area contributed by atoms with Crippen LogP contribution >= 0.6 is 0 Å². The third-order valence-electron chi connectivity index (χ3n) is 4.03. The zero-order valence-electron chi connectivity index (χ0n) is 12.9. The van der Waals surface area contributed by atoms with E-state index < -0.39 is 22.7 Å². The van der Waals surface area contributed by atoms with Gasteiger partial charge < -0.3 is 0 Å². The van der Waals surface area contributed by atoms with Crippen molar-refractivity contribution in [1.82, 2.24) is 9.29 Å². The summed E-state index contributed by atoms with van der Waals surface area (Å²) in [4.78, 5) is 3.44. The Morgan fingerprint density at radius 1 is 1.35 bits per heavy atom. The summed E-state index contributed by atoms with van der Waals surface area (Å²) in [5, 5.41) is 0. The summed E-state index contributed by atoms with van der Waals surface area (Å²) < 4.78 is 53.6. The van der Waals surface area contributed by atoms with Gasteiger partial charge in [0, 0.05) is 25.5 Å². The average molecular weight is 346 g/mol. The number of alkyl halides is 3. The first-order chi connectivity index (χ1) is 10.9. The molecule has 0 amide bonds. The molecule has 0 aromatic carbocycles. The molecule has 1 heterocycles. The predicted octanol–water partition coefficient (Wildman–Crippen LogP) is 4.19. The fraction of sp³-hybridized carbons (Fsp3) is 0.562. The number of nitrogens with zero attached hydrogens (tertiary/aromatic N) is 2. The van der Waals surface area contributed by atoms with Crippen molar-refractivity contribution in [3.8, 4) is 0 Å². The van der Waals surface area contributed by atoms with Crippen molar-refractivity contribution in [2.45, 2.75) is 43.2 Å². The first-order valence-corrected chi connectivity index (χ1v) is 8.83. The highest BCUT2D eigenvalue weighted by molar-refractivity contribution is 7.82. The van der Waals surface area contributed by atoms with Gasteiger partial charge in [-0.1, -0.05) is 25.3 Å². The highest BCUT2D eigenvalue weighted by Gasteiger charge is 2.36. The van der Waals surface area contributed by atoms with Crippen LogP contribution in [0.5, 0.6) is 0 Å². The molecule has 1 unspecified atom stereocenters. The number of pyridine rings is 1. The summed E-state index contributed by atoms with van der Waals surface area (Å²) in [7, 11) is -1.90. The minimum Gasteiger partial charge on any atom is -0.263 e. The normalized spacial score (nSPS) is 18.1. The second kappa shape index (κ2) is 8.06. The number of hydrogen-bond donors (Lipinski definition) is 0. The Kier molecular flexibility index (Phi) is 6.35.